The highest BCUT2D eigenvalue weighted by Crippen LogP contribution is 2.29. The first-order valence-electron chi connectivity index (χ1n) is 9.86. The standard InChI is InChI=1S/C22H24F2N6O3/c1-11(25)19(12-5-4-6-13(23)7-12)29-22-16(24)10-15(20(26)31)21(30-22)27-14-8-17(32-2)28-18(9-14)33-3/h4-11,19H,25H2,1-3H3,(H2,26,31)(H2,27,28,29,30)/t11-,19-/m0/s1. The lowest BCUT2D eigenvalue weighted by atomic mass is 10.0. The summed E-state index contributed by atoms with van der Waals surface area (Å²) < 4.78 is 38.9. The Bertz CT molecular complexity index is 1140. The first-order chi connectivity index (χ1) is 15.7. The summed E-state index contributed by atoms with van der Waals surface area (Å²) in [7, 11) is 2.86. The van der Waals surface area contributed by atoms with Crippen molar-refractivity contribution < 1.29 is 23.0 Å². The van der Waals surface area contributed by atoms with E-state index < -0.39 is 29.6 Å². The highest BCUT2D eigenvalue weighted by Gasteiger charge is 2.22. The third kappa shape index (κ3) is 5.63. The Balaban J connectivity index is 2.02. The molecule has 11 heteroatoms. The van der Waals surface area contributed by atoms with Crippen LogP contribution in [0.2, 0.25) is 0 Å². The molecule has 0 saturated carbocycles. The summed E-state index contributed by atoms with van der Waals surface area (Å²) in [6, 6.07) is 8.59. The molecule has 6 N–H and O–H groups in total. The van der Waals surface area contributed by atoms with Crippen LogP contribution < -0.4 is 31.6 Å². The van der Waals surface area contributed by atoms with Crippen molar-refractivity contribution in [2.45, 2.75) is 19.0 Å². The van der Waals surface area contributed by atoms with E-state index in [0.717, 1.165) is 6.07 Å². The van der Waals surface area contributed by atoms with Crippen molar-refractivity contribution in [2.24, 2.45) is 11.5 Å². The largest absolute Gasteiger partial charge is 0.481 e. The molecular formula is C22H24F2N6O3. The molecule has 0 aliphatic heterocycles. The van der Waals surface area contributed by atoms with E-state index in [0.29, 0.717) is 11.3 Å². The van der Waals surface area contributed by atoms with Crippen LogP contribution in [0.25, 0.3) is 0 Å². The van der Waals surface area contributed by atoms with Crippen molar-refractivity contribution in [3.05, 3.63) is 65.2 Å². The van der Waals surface area contributed by atoms with E-state index in [-0.39, 0.29) is 29.0 Å². The van der Waals surface area contributed by atoms with E-state index in [1.54, 1.807) is 13.0 Å². The second kappa shape index (κ2) is 10.1. The fraction of sp³-hybridized carbons (Fsp3) is 0.227. The lowest BCUT2D eigenvalue weighted by Crippen LogP contribution is -2.31. The number of rotatable bonds is 9. The summed E-state index contributed by atoms with van der Waals surface area (Å²) in [6.07, 6.45) is 0. The Hall–Kier alpha value is -3.99. The average molecular weight is 458 g/mol. The number of ether oxygens (including phenoxy) is 2. The summed E-state index contributed by atoms with van der Waals surface area (Å²) >= 11 is 0. The number of carbonyl (C=O) groups excluding carboxylic acids is 1. The summed E-state index contributed by atoms with van der Waals surface area (Å²) in [4.78, 5) is 20.3. The third-order valence-electron chi connectivity index (χ3n) is 4.73. The fourth-order valence-electron chi connectivity index (χ4n) is 3.14. The molecule has 1 amide bonds. The molecular weight excluding hydrogens is 434 g/mol. The molecule has 0 spiro atoms. The number of pyridine rings is 2. The topological polar surface area (TPSA) is 137 Å². The lowest BCUT2D eigenvalue weighted by Gasteiger charge is -2.24. The van der Waals surface area contributed by atoms with E-state index in [2.05, 4.69) is 20.6 Å². The van der Waals surface area contributed by atoms with Gasteiger partial charge in [0.15, 0.2) is 11.6 Å². The Morgan fingerprint density at radius 3 is 2.24 bits per heavy atom. The van der Waals surface area contributed by atoms with Gasteiger partial charge in [-0.1, -0.05) is 12.1 Å². The molecule has 0 radical (unpaired) electrons. The van der Waals surface area contributed by atoms with E-state index in [9.17, 15) is 13.6 Å². The number of nitrogens with zero attached hydrogens (tertiary/aromatic N) is 2. The molecule has 33 heavy (non-hydrogen) atoms. The summed E-state index contributed by atoms with van der Waals surface area (Å²) in [5.41, 5.74) is 12.2. The highest BCUT2D eigenvalue weighted by atomic mass is 19.1. The molecule has 0 unspecified atom stereocenters. The van der Waals surface area contributed by atoms with Gasteiger partial charge in [-0.25, -0.2) is 13.8 Å². The van der Waals surface area contributed by atoms with Crippen LogP contribution in [0.5, 0.6) is 11.8 Å². The lowest BCUT2D eigenvalue weighted by molar-refractivity contribution is 0.100. The van der Waals surface area contributed by atoms with E-state index in [1.807, 2.05) is 0 Å². The van der Waals surface area contributed by atoms with Crippen LogP contribution in [0.3, 0.4) is 0 Å². The van der Waals surface area contributed by atoms with E-state index >= 15 is 0 Å². The third-order valence-corrected chi connectivity index (χ3v) is 4.73. The van der Waals surface area contributed by atoms with Crippen LogP contribution in [0, 0.1) is 11.6 Å². The van der Waals surface area contributed by atoms with Crippen molar-refractivity contribution in [2.75, 3.05) is 24.9 Å². The number of anilines is 3. The molecule has 9 nitrogen and oxygen atoms in total. The van der Waals surface area contributed by atoms with Crippen LogP contribution in [-0.4, -0.2) is 36.1 Å². The predicted octanol–water partition coefficient (Wildman–Crippen LogP) is 3.11. The Labute approximate surface area is 189 Å². The number of benzene rings is 1. The van der Waals surface area contributed by atoms with Crippen molar-refractivity contribution in [1.82, 2.24) is 9.97 Å². The van der Waals surface area contributed by atoms with Gasteiger partial charge in [-0.3, -0.25) is 4.79 Å². The molecule has 174 valence electrons. The quantitative estimate of drug-likeness (QED) is 0.384. The molecule has 0 aliphatic rings. The number of hydrogen-bond donors (Lipinski definition) is 4. The molecule has 0 aliphatic carbocycles. The highest BCUT2D eigenvalue weighted by molar-refractivity contribution is 5.98. The predicted molar refractivity (Wildman–Crippen MR) is 120 cm³/mol. The zero-order valence-electron chi connectivity index (χ0n) is 18.2. The maximum Gasteiger partial charge on any atom is 0.252 e. The first kappa shape index (κ1) is 23.7. The average Bonchev–Trinajstić information content (AvgIpc) is 2.78. The van der Waals surface area contributed by atoms with Crippen LogP contribution >= 0.6 is 0 Å². The molecule has 3 rings (SSSR count). The SMILES string of the molecule is COc1cc(Nc2nc(N[C@H](c3cccc(F)c3)[C@H](C)N)c(F)cc2C(N)=O)cc(OC)n1. The van der Waals surface area contributed by atoms with E-state index in [4.69, 9.17) is 20.9 Å². The molecule has 3 aromatic rings. The minimum Gasteiger partial charge on any atom is -0.481 e. The minimum atomic E-state index is -0.891. The number of primary amides is 1. The van der Waals surface area contributed by atoms with Gasteiger partial charge >= 0.3 is 0 Å². The zero-order valence-corrected chi connectivity index (χ0v) is 18.2. The van der Waals surface area contributed by atoms with Crippen molar-refractivity contribution >= 4 is 23.2 Å². The van der Waals surface area contributed by atoms with Crippen molar-refractivity contribution in [3.8, 4) is 11.8 Å². The van der Waals surface area contributed by atoms with Crippen LogP contribution in [0.15, 0.2) is 42.5 Å². The Morgan fingerprint density at radius 2 is 1.70 bits per heavy atom. The van der Waals surface area contributed by atoms with Gasteiger partial charge in [0.25, 0.3) is 5.91 Å². The number of carbonyl (C=O) groups is 1. The van der Waals surface area contributed by atoms with E-state index in [1.165, 1.54) is 44.6 Å². The number of hydrogen-bond acceptors (Lipinski definition) is 8. The van der Waals surface area contributed by atoms with Gasteiger partial charge in [0.05, 0.1) is 31.5 Å². The van der Waals surface area contributed by atoms with Crippen LogP contribution in [0.1, 0.15) is 28.9 Å². The van der Waals surface area contributed by atoms with Gasteiger partial charge in [0.1, 0.15) is 11.6 Å². The maximum absolute atomic E-state index is 14.9. The van der Waals surface area contributed by atoms with Gasteiger partial charge in [-0.2, -0.15) is 4.98 Å². The number of halogens is 2. The minimum absolute atomic E-state index is 0.0237. The second-order valence-corrected chi connectivity index (χ2v) is 7.18. The van der Waals surface area contributed by atoms with Gasteiger partial charge < -0.3 is 31.6 Å². The van der Waals surface area contributed by atoms with Gasteiger partial charge in [-0.05, 0) is 30.7 Å². The van der Waals surface area contributed by atoms with Gasteiger partial charge in [0.2, 0.25) is 11.8 Å². The maximum atomic E-state index is 14.9. The molecule has 1 aromatic carbocycles. The first-order valence-corrected chi connectivity index (χ1v) is 9.86. The summed E-state index contributed by atoms with van der Waals surface area (Å²) in [6.45, 7) is 1.69. The van der Waals surface area contributed by atoms with Crippen LogP contribution in [-0.2, 0) is 0 Å². The second-order valence-electron chi connectivity index (χ2n) is 7.18. The molecule has 0 fully saturated rings. The molecule has 0 saturated heterocycles. The normalized spacial score (nSPS) is 12.5. The number of methoxy groups -OCH3 is 2. The molecule has 0 bridgehead atoms. The number of nitrogens with two attached hydrogens (primary N) is 2. The molecule has 2 heterocycles. The zero-order chi connectivity index (χ0) is 24.1. The van der Waals surface area contributed by atoms with Crippen LogP contribution in [0.4, 0.5) is 26.1 Å². The summed E-state index contributed by atoms with van der Waals surface area (Å²) in [5, 5.41) is 5.81. The summed E-state index contributed by atoms with van der Waals surface area (Å²) in [5.74, 6) is -1.94. The van der Waals surface area contributed by atoms with Gasteiger partial charge in [0, 0.05) is 18.2 Å². The fourth-order valence-corrected chi connectivity index (χ4v) is 3.14. The van der Waals surface area contributed by atoms with Crippen molar-refractivity contribution in [3.63, 3.8) is 0 Å². The molecule has 2 aromatic heterocycles. The van der Waals surface area contributed by atoms with Gasteiger partial charge in [-0.15, -0.1) is 0 Å². The smallest absolute Gasteiger partial charge is 0.252 e. The number of aromatic nitrogens is 2. The molecule has 2 atom stereocenters. The Kier molecular flexibility index (Phi) is 7.23. The monoisotopic (exact) mass is 458 g/mol. The number of nitrogens with one attached hydrogen (secondary N) is 2. The number of amides is 1. The Morgan fingerprint density at radius 1 is 1.03 bits per heavy atom. The van der Waals surface area contributed by atoms with Crippen molar-refractivity contribution in [1.29, 1.82) is 0 Å².